The Labute approximate surface area is 120 Å². The summed E-state index contributed by atoms with van der Waals surface area (Å²) >= 11 is 1.50. The van der Waals surface area contributed by atoms with Crippen LogP contribution in [0.25, 0.3) is 0 Å². The van der Waals surface area contributed by atoms with E-state index in [4.69, 9.17) is 4.52 Å². The molecule has 0 radical (unpaired) electrons. The fourth-order valence-electron chi connectivity index (χ4n) is 1.60. The number of amides is 1. The molecule has 0 aliphatic rings. The minimum absolute atomic E-state index is 0.244. The molecule has 0 saturated heterocycles. The average molecular weight is 314 g/mol. The van der Waals surface area contributed by atoms with Crippen LogP contribution < -0.4 is 5.32 Å². The monoisotopic (exact) mass is 314 g/mol. The van der Waals surface area contributed by atoms with E-state index in [1.807, 2.05) is 17.5 Å². The van der Waals surface area contributed by atoms with E-state index >= 15 is 0 Å². The van der Waals surface area contributed by atoms with E-state index in [-0.39, 0.29) is 11.5 Å². The lowest BCUT2D eigenvalue weighted by Crippen LogP contribution is -2.30. The second-order valence-corrected chi connectivity index (χ2v) is 7.42. The predicted octanol–water partition coefficient (Wildman–Crippen LogP) is 1.28. The number of carbonyl (C=O) groups is 1. The van der Waals surface area contributed by atoms with Crippen LogP contribution in [0.2, 0.25) is 0 Å². The number of nitrogens with one attached hydrogen (secondary N) is 1. The summed E-state index contributed by atoms with van der Waals surface area (Å²) in [5.74, 6) is -1.15. The van der Waals surface area contributed by atoms with Crippen LogP contribution in [0.5, 0.6) is 0 Å². The Balaban J connectivity index is 1.86. The van der Waals surface area contributed by atoms with Gasteiger partial charge in [0.05, 0.1) is 12.2 Å². The second kappa shape index (κ2) is 6.19. The van der Waals surface area contributed by atoms with E-state index in [0.717, 1.165) is 4.88 Å². The zero-order valence-electron chi connectivity index (χ0n) is 10.8. The van der Waals surface area contributed by atoms with Crippen LogP contribution in [0, 0.1) is 6.92 Å². The molecule has 0 aromatic carbocycles. The topological polar surface area (TPSA) is 89.3 Å². The minimum atomic E-state index is -3.55. The van der Waals surface area contributed by atoms with Crippen molar-refractivity contribution in [2.75, 3.05) is 5.75 Å². The lowest BCUT2D eigenvalue weighted by atomic mass is 10.4. The number of hydrogen-bond donors (Lipinski definition) is 1. The van der Waals surface area contributed by atoms with E-state index in [1.165, 1.54) is 11.3 Å². The van der Waals surface area contributed by atoms with Gasteiger partial charge in [0.15, 0.2) is 15.6 Å². The largest absolute Gasteiger partial charge is 0.360 e. The summed E-state index contributed by atoms with van der Waals surface area (Å²) in [7, 11) is -3.55. The third kappa shape index (κ3) is 4.46. The summed E-state index contributed by atoms with van der Waals surface area (Å²) in [5.41, 5.74) is 0.609. The van der Waals surface area contributed by atoms with Gasteiger partial charge in [-0.15, -0.1) is 11.3 Å². The van der Waals surface area contributed by atoms with Crippen LogP contribution in [-0.4, -0.2) is 25.2 Å². The highest BCUT2D eigenvalue weighted by Gasteiger charge is 2.19. The van der Waals surface area contributed by atoms with E-state index in [0.29, 0.717) is 12.2 Å². The van der Waals surface area contributed by atoms with Crippen molar-refractivity contribution in [3.8, 4) is 0 Å². The van der Waals surface area contributed by atoms with Gasteiger partial charge in [-0.25, -0.2) is 8.42 Å². The molecule has 0 unspecified atom stereocenters. The first-order chi connectivity index (χ1) is 9.44. The predicted molar refractivity (Wildman–Crippen MR) is 74.9 cm³/mol. The Hall–Kier alpha value is -1.67. The van der Waals surface area contributed by atoms with Gasteiger partial charge in [-0.1, -0.05) is 11.2 Å². The molecule has 0 saturated carbocycles. The lowest BCUT2D eigenvalue weighted by Gasteiger charge is -2.04. The third-order valence-corrected chi connectivity index (χ3v) is 4.73. The van der Waals surface area contributed by atoms with Crippen molar-refractivity contribution in [2.24, 2.45) is 0 Å². The Morgan fingerprint density at radius 1 is 1.50 bits per heavy atom. The van der Waals surface area contributed by atoms with Crippen LogP contribution >= 0.6 is 11.3 Å². The molecular weight excluding hydrogens is 300 g/mol. The van der Waals surface area contributed by atoms with Gasteiger partial charge in [-0.3, -0.25) is 4.79 Å². The molecule has 0 spiro atoms. The molecule has 0 aliphatic heterocycles. The molecule has 2 aromatic heterocycles. The summed E-state index contributed by atoms with van der Waals surface area (Å²) in [6.07, 6.45) is 0. The first-order valence-corrected chi connectivity index (χ1v) is 8.56. The van der Waals surface area contributed by atoms with Crippen molar-refractivity contribution in [3.63, 3.8) is 0 Å². The van der Waals surface area contributed by atoms with Crippen molar-refractivity contribution in [1.29, 1.82) is 0 Å². The number of sulfone groups is 1. The number of hydrogen-bond acceptors (Lipinski definition) is 6. The van der Waals surface area contributed by atoms with Gasteiger partial charge >= 0.3 is 0 Å². The number of aryl methyl sites for hydroxylation is 1. The van der Waals surface area contributed by atoms with E-state index < -0.39 is 21.5 Å². The molecule has 1 amide bonds. The average Bonchev–Trinajstić information content (AvgIpc) is 2.97. The van der Waals surface area contributed by atoms with Crippen LogP contribution in [0.15, 0.2) is 28.1 Å². The van der Waals surface area contributed by atoms with Crippen molar-refractivity contribution in [1.82, 2.24) is 10.5 Å². The molecular formula is C12H14N2O4S2. The van der Waals surface area contributed by atoms with Gasteiger partial charge < -0.3 is 9.84 Å². The van der Waals surface area contributed by atoms with Crippen LogP contribution in [-0.2, 0) is 26.9 Å². The number of thiophene rings is 1. The first-order valence-electron chi connectivity index (χ1n) is 5.86. The summed E-state index contributed by atoms with van der Waals surface area (Å²) in [6, 6.07) is 5.28. The van der Waals surface area contributed by atoms with E-state index in [2.05, 4.69) is 10.5 Å². The number of nitrogens with zero attached hydrogens (tertiary/aromatic N) is 1. The standard InChI is InChI=1S/C12H14N2O4S2/c1-9-5-10(18-14-9)7-20(16,17)8-12(15)13-6-11-3-2-4-19-11/h2-5H,6-8H2,1H3,(H,13,15). The minimum Gasteiger partial charge on any atom is -0.360 e. The highest BCUT2D eigenvalue weighted by molar-refractivity contribution is 7.91. The Morgan fingerprint density at radius 3 is 2.90 bits per heavy atom. The second-order valence-electron chi connectivity index (χ2n) is 4.32. The van der Waals surface area contributed by atoms with E-state index in [9.17, 15) is 13.2 Å². The molecule has 6 nitrogen and oxygen atoms in total. The maximum atomic E-state index is 11.8. The molecule has 0 fully saturated rings. The van der Waals surface area contributed by atoms with Gasteiger partial charge in [0.2, 0.25) is 5.91 Å². The number of carbonyl (C=O) groups excluding carboxylic acids is 1. The Bertz CT molecular complexity index is 674. The Kier molecular flexibility index (Phi) is 4.56. The quantitative estimate of drug-likeness (QED) is 0.867. The Morgan fingerprint density at radius 2 is 2.30 bits per heavy atom. The zero-order chi connectivity index (χ0) is 14.6. The van der Waals surface area contributed by atoms with Gasteiger partial charge in [0, 0.05) is 10.9 Å². The van der Waals surface area contributed by atoms with Crippen molar-refractivity contribution < 1.29 is 17.7 Å². The van der Waals surface area contributed by atoms with E-state index in [1.54, 1.807) is 13.0 Å². The van der Waals surface area contributed by atoms with Crippen LogP contribution in [0.3, 0.4) is 0 Å². The molecule has 2 heterocycles. The third-order valence-electron chi connectivity index (χ3n) is 2.43. The molecule has 8 heteroatoms. The first kappa shape index (κ1) is 14.7. The SMILES string of the molecule is Cc1cc(CS(=O)(=O)CC(=O)NCc2cccs2)on1. The van der Waals surface area contributed by atoms with Crippen LogP contribution in [0.4, 0.5) is 0 Å². The van der Waals surface area contributed by atoms with Crippen molar-refractivity contribution in [3.05, 3.63) is 39.9 Å². The van der Waals surface area contributed by atoms with Gasteiger partial charge in [0.25, 0.3) is 0 Å². The van der Waals surface area contributed by atoms with Crippen LogP contribution in [0.1, 0.15) is 16.3 Å². The van der Waals surface area contributed by atoms with Gasteiger partial charge in [-0.2, -0.15) is 0 Å². The number of rotatable bonds is 6. The maximum Gasteiger partial charge on any atom is 0.235 e. The molecule has 2 rings (SSSR count). The van der Waals surface area contributed by atoms with Crippen molar-refractivity contribution >= 4 is 27.1 Å². The fourth-order valence-corrected chi connectivity index (χ4v) is 3.42. The molecule has 20 heavy (non-hydrogen) atoms. The lowest BCUT2D eigenvalue weighted by molar-refractivity contribution is -0.118. The molecule has 1 N–H and O–H groups in total. The highest BCUT2D eigenvalue weighted by atomic mass is 32.2. The molecule has 108 valence electrons. The molecule has 0 aliphatic carbocycles. The summed E-state index contributed by atoms with van der Waals surface area (Å²) < 4.78 is 28.5. The summed E-state index contributed by atoms with van der Waals surface area (Å²) in [6.45, 7) is 2.04. The summed E-state index contributed by atoms with van der Waals surface area (Å²) in [5, 5.41) is 8.08. The van der Waals surface area contributed by atoms with Crippen molar-refractivity contribution in [2.45, 2.75) is 19.2 Å². The van der Waals surface area contributed by atoms with Gasteiger partial charge in [-0.05, 0) is 18.4 Å². The zero-order valence-corrected chi connectivity index (χ0v) is 12.5. The smallest absolute Gasteiger partial charge is 0.235 e. The number of aromatic nitrogens is 1. The highest BCUT2D eigenvalue weighted by Crippen LogP contribution is 2.09. The fraction of sp³-hybridized carbons (Fsp3) is 0.333. The molecule has 0 bridgehead atoms. The molecule has 2 aromatic rings. The summed E-state index contributed by atoms with van der Waals surface area (Å²) in [4.78, 5) is 12.6. The molecule has 0 atom stereocenters. The maximum absolute atomic E-state index is 11.8. The normalized spacial score (nSPS) is 11.4. The van der Waals surface area contributed by atoms with Gasteiger partial charge in [0.1, 0.15) is 11.5 Å².